The number of benzene rings is 1. The van der Waals surface area contributed by atoms with Crippen LogP contribution >= 0.6 is 11.3 Å². The Hall–Kier alpha value is -3.20. The van der Waals surface area contributed by atoms with Gasteiger partial charge in [0.15, 0.2) is 0 Å². The van der Waals surface area contributed by atoms with Crippen molar-refractivity contribution in [2.24, 2.45) is 13.0 Å². The van der Waals surface area contributed by atoms with Gasteiger partial charge in [-0.15, -0.1) is 11.3 Å². The summed E-state index contributed by atoms with van der Waals surface area (Å²) in [5, 5.41) is 7.26. The highest BCUT2D eigenvalue weighted by atomic mass is 32.1. The average Bonchev–Trinajstić information content (AvgIpc) is 3.49. The molecular formula is C26H33N5O3S. The lowest BCUT2D eigenvalue weighted by Gasteiger charge is -2.40. The number of hydrogen-bond acceptors (Lipinski definition) is 6. The third kappa shape index (κ3) is 6.08. The number of ether oxygens (including phenoxy) is 1. The largest absolute Gasteiger partial charge is 0.497 e. The number of amides is 2. The lowest BCUT2D eigenvalue weighted by molar-refractivity contribution is -0.132. The smallest absolute Gasteiger partial charge is 0.274 e. The number of likely N-dealkylation sites (tertiary alicyclic amines) is 1. The number of likely N-dealkylation sites (N-methyl/N-ethyl adjacent to an activating group) is 1. The Labute approximate surface area is 210 Å². The van der Waals surface area contributed by atoms with E-state index in [1.54, 1.807) is 35.4 Å². The Morgan fingerprint density at radius 1 is 1.26 bits per heavy atom. The topological polar surface area (TPSA) is 80.6 Å². The van der Waals surface area contributed by atoms with E-state index in [2.05, 4.69) is 16.1 Å². The Bertz CT molecular complexity index is 1170. The van der Waals surface area contributed by atoms with E-state index in [0.29, 0.717) is 31.6 Å². The molecule has 3 aromatic rings. The number of carbonyl (C=O) groups excluding carboxylic acids is 2. The van der Waals surface area contributed by atoms with E-state index in [-0.39, 0.29) is 23.8 Å². The van der Waals surface area contributed by atoms with Gasteiger partial charge in [0.1, 0.15) is 11.4 Å². The first kappa shape index (κ1) is 24.9. The van der Waals surface area contributed by atoms with Gasteiger partial charge in [-0.25, -0.2) is 4.98 Å². The van der Waals surface area contributed by atoms with E-state index in [4.69, 9.17) is 4.74 Å². The summed E-state index contributed by atoms with van der Waals surface area (Å²) in [5.41, 5.74) is 2.40. The van der Waals surface area contributed by atoms with Crippen LogP contribution in [0.15, 0.2) is 41.9 Å². The highest BCUT2D eigenvalue weighted by molar-refractivity contribution is 7.09. The predicted octanol–water partition coefficient (Wildman–Crippen LogP) is 3.36. The summed E-state index contributed by atoms with van der Waals surface area (Å²) in [6.07, 6.45) is 4.53. The molecule has 9 heteroatoms. The maximum absolute atomic E-state index is 13.3. The second-order valence-electron chi connectivity index (χ2n) is 9.17. The van der Waals surface area contributed by atoms with Crippen LogP contribution in [0.2, 0.25) is 0 Å². The number of carbonyl (C=O) groups is 2. The Balaban J connectivity index is 1.47. The van der Waals surface area contributed by atoms with E-state index in [1.807, 2.05) is 54.4 Å². The zero-order chi connectivity index (χ0) is 24.9. The molecule has 0 bridgehead atoms. The Morgan fingerprint density at radius 3 is 2.66 bits per heavy atom. The zero-order valence-electron chi connectivity index (χ0n) is 20.8. The number of piperidine rings is 1. The second kappa shape index (κ2) is 11.0. The van der Waals surface area contributed by atoms with E-state index >= 15 is 0 Å². The fourth-order valence-electron chi connectivity index (χ4n) is 4.81. The highest BCUT2D eigenvalue weighted by Crippen LogP contribution is 2.28. The minimum Gasteiger partial charge on any atom is -0.497 e. The molecule has 1 fully saturated rings. The molecule has 0 radical (unpaired) electrons. The Morgan fingerprint density at radius 2 is 2.03 bits per heavy atom. The van der Waals surface area contributed by atoms with Crippen molar-refractivity contribution in [3.8, 4) is 5.75 Å². The maximum atomic E-state index is 13.3. The molecule has 1 aromatic carbocycles. The molecule has 0 unspecified atom stereocenters. The van der Waals surface area contributed by atoms with Crippen LogP contribution in [0.4, 0.5) is 0 Å². The van der Waals surface area contributed by atoms with E-state index in [0.717, 1.165) is 34.9 Å². The normalized spacial score (nSPS) is 15.1. The average molecular weight is 496 g/mol. The number of thiazole rings is 1. The molecule has 0 N–H and O–H groups in total. The van der Waals surface area contributed by atoms with Crippen molar-refractivity contribution in [1.29, 1.82) is 0 Å². The SMILES string of the molecule is COc1cccc(C[C@@H](C2CCN(C(=O)Cc3csc(C)n3)CC2)N(C)C(=O)c2ccn(C)n2)c1. The number of nitrogens with zero attached hydrogens (tertiary/aromatic N) is 5. The van der Waals surface area contributed by atoms with Crippen molar-refractivity contribution in [1.82, 2.24) is 24.6 Å². The van der Waals surface area contributed by atoms with Crippen molar-refractivity contribution in [2.45, 2.75) is 38.6 Å². The molecule has 0 spiro atoms. The first-order chi connectivity index (χ1) is 16.8. The van der Waals surface area contributed by atoms with Crippen molar-refractivity contribution in [3.05, 3.63) is 63.9 Å². The van der Waals surface area contributed by atoms with Crippen molar-refractivity contribution < 1.29 is 14.3 Å². The minimum absolute atomic E-state index is 0.0185. The molecule has 186 valence electrons. The van der Waals surface area contributed by atoms with Crippen LogP contribution in [-0.4, -0.2) is 69.7 Å². The van der Waals surface area contributed by atoms with Crippen LogP contribution in [-0.2, 0) is 24.7 Å². The van der Waals surface area contributed by atoms with Crippen molar-refractivity contribution in [3.63, 3.8) is 0 Å². The molecule has 0 saturated carbocycles. The van der Waals surface area contributed by atoms with Gasteiger partial charge in [-0.3, -0.25) is 14.3 Å². The van der Waals surface area contributed by atoms with Gasteiger partial charge >= 0.3 is 0 Å². The number of aromatic nitrogens is 3. The number of aryl methyl sites for hydroxylation is 2. The Kier molecular flexibility index (Phi) is 7.85. The zero-order valence-corrected chi connectivity index (χ0v) is 21.6. The predicted molar refractivity (Wildman–Crippen MR) is 136 cm³/mol. The van der Waals surface area contributed by atoms with Gasteiger partial charge in [0, 0.05) is 44.8 Å². The lowest BCUT2D eigenvalue weighted by atomic mass is 9.84. The summed E-state index contributed by atoms with van der Waals surface area (Å²) in [4.78, 5) is 34.3. The molecular weight excluding hydrogens is 462 g/mol. The third-order valence-corrected chi connectivity index (χ3v) is 7.59. The molecule has 2 aromatic heterocycles. The van der Waals surface area contributed by atoms with Gasteiger partial charge in [-0.1, -0.05) is 12.1 Å². The van der Waals surface area contributed by atoms with E-state index in [1.165, 1.54) is 0 Å². The molecule has 0 aliphatic carbocycles. The highest BCUT2D eigenvalue weighted by Gasteiger charge is 2.33. The van der Waals surface area contributed by atoms with E-state index < -0.39 is 0 Å². The summed E-state index contributed by atoms with van der Waals surface area (Å²) >= 11 is 1.57. The van der Waals surface area contributed by atoms with Gasteiger partial charge in [0.05, 0.1) is 24.2 Å². The van der Waals surface area contributed by atoms with Crippen LogP contribution < -0.4 is 4.74 Å². The lowest BCUT2D eigenvalue weighted by Crippen LogP contribution is -2.48. The summed E-state index contributed by atoms with van der Waals surface area (Å²) in [6.45, 7) is 3.33. The van der Waals surface area contributed by atoms with Gasteiger partial charge < -0.3 is 14.5 Å². The summed E-state index contributed by atoms with van der Waals surface area (Å²) in [5.74, 6) is 1.11. The first-order valence-corrected chi connectivity index (χ1v) is 12.8. The quantitative estimate of drug-likeness (QED) is 0.479. The van der Waals surface area contributed by atoms with Gasteiger partial charge in [0.25, 0.3) is 5.91 Å². The van der Waals surface area contributed by atoms with E-state index in [9.17, 15) is 9.59 Å². The van der Waals surface area contributed by atoms with Crippen LogP contribution in [0.25, 0.3) is 0 Å². The molecule has 3 heterocycles. The van der Waals surface area contributed by atoms with Crippen molar-refractivity contribution in [2.75, 3.05) is 27.2 Å². The maximum Gasteiger partial charge on any atom is 0.274 e. The second-order valence-corrected chi connectivity index (χ2v) is 10.2. The molecule has 1 atom stereocenters. The third-order valence-electron chi connectivity index (χ3n) is 6.76. The molecule has 2 amide bonds. The van der Waals surface area contributed by atoms with Gasteiger partial charge in [-0.2, -0.15) is 5.10 Å². The number of rotatable bonds is 8. The molecule has 35 heavy (non-hydrogen) atoms. The molecule has 1 saturated heterocycles. The monoisotopic (exact) mass is 495 g/mol. The number of methoxy groups -OCH3 is 1. The van der Waals surface area contributed by atoms with Crippen LogP contribution in [0.5, 0.6) is 5.75 Å². The van der Waals surface area contributed by atoms with Gasteiger partial charge in [0.2, 0.25) is 5.91 Å². The van der Waals surface area contributed by atoms with Crippen LogP contribution in [0.3, 0.4) is 0 Å². The van der Waals surface area contributed by atoms with Crippen LogP contribution in [0, 0.1) is 12.8 Å². The summed E-state index contributed by atoms with van der Waals surface area (Å²) < 4.78 is 7.06. The summed E-state index contributed by atoms with van der Waals surface area (Å²) in [6, 6.07) is 9.74. The fraction of sp³-hybridized carbons (Fsp3) is 0.462. The minimum atomic E-state index is -0.0871. The van der Waals surface area contributed by atoms with Crippen LogP contribution in [0.1, 0.15) is 39.6 Å². The van der Waals surface area contributed by atoms with Gasteiger partial charge in [-0.05, 0) is 55.9 Å². The molecule has 8 nitrogen and oxygen atoms in total. The molecule has 1 aliphatic heterocycles. The number of hydrogen-bond donors (Lipinski definition) is 0. The fourth-order valence-corrected chi connectivity index (χ4v) is 5.42. The summed E-state index contributed by atoms with van der Waals surface area (Å²) in [7, 11) is 5.33. The molecule has 1 aliphatic rings. The first-order valence-electron chi connectivity index (χ1n) is 11.9. The molecule has 4 rings (SSSR count). The van der Waals surface area contributed by atoms with Crippen molar-refractivity contribution >= 4 is 23.2 Å². The standard InChI is InChI=1S/C26H33N5O3S/c1-18-27-21(17-35-18)16-25(32)31-12-8-20(9-13-31)24(15-19-6-5-7-22(14-19)34-4)30(3)26(33)23-10-11-29(2)28-23/h5-7,10-11,14,17,20,24H,8-9,12-13,15-16H2,1-4H3/t24-/m0/s1.